The zero-order chi connectivity index (χ0) is 18.5. The van der Waals surface area contributed by atoms with Crippen molar-refractivity contribution in [2.75, 3.05) is 0 Å². The number of hydrogen-bond donors (Lipinski definition) is 0. The van der Waals surface area contributed by atoms with Crippen molar-refractivity contribution in [2.24, 2.45) is 0 Å². The first-order valence-corrected chi connectivity index (χ1v) is 10.6. The molecule has 1 aromatic heterocycles. The van der Waals surface area contributed by atoms with Crippen molar-refractivity contribution in [3.63, 3.8) is 0 Å². The zero-order valence-corrected chi connectivity index (χ0v) is 17.2. The number of benzene rings is 3. The summed E-state index contributed by atoms with van der Waals surface area (Å²) in [5.74, 6) is 0.909. The molecule has 0 aliphatic rings. The van der Waals surface area contributed by atoms with Crippen LogP contribution in [0, 0.1) is 0 Å². The second kappa shape index (κ2) is 8.59. The van der Waals surface area contributed by atoms with Gasteiger partial charge in [0.15, 0.2) is 5.16 Å². The first kappa shape index (κ1) is 18.1. The van der Waals surface area contributed by atoms with Crippen LogP contribution < -0.4 is 0 Å². The van der Waals surface area contributed by atoms with Crippen molar-refractivity contribution in [1.29, 1.82) is 0 Å². The number of halogens is 1. The van der Waals surface area contributed by atoms with E-state index in [2.05, 4.69) is 105 Å². The van der Waals surface area contributed by atoms with Gasteiger partial charge >= 0.3 is 0 Å². The molecule has 0 amide bonds. The normalized spacial score (nSPS) is 10.9. The summed E-state index contributed by atoms with van der Waals surface area (Å²) in [5, 5.41) is 1.04. The van der Waals surface area contributed by atoms with E-state index in [1.165, 1.54) is 16.7 Å². The van der Waals surface area contributed by atoms with Gasteiger partial charge in [0.1, 0.15) is 0 Å². The number of rotatable bonds is 6. The average Bonchev–Trinajstić information content (AvgIpc) is 3.11. The summed E-state index contributed by atoms with van der Waals surface area (Å²) in [6.45, 7) is 0.809. The molecule has 0 spiro atoms. The van der Waals surface area contributed by atoms with E-state index in [4.69, 9.17) is 4.98 Å². The maximum atomic E-state index is 4.74. The Kier molecular flexibility index (Phi) is 5.75. The smallest absolute Gasteiger partial charge is 0.169 e. The minimum absolute atomic E-state index is 0.809. The highest BCUT2D eigenvalue weighted by Crippen LogP contribution is 2.29. The SMILES string of the molecule is Brc1ccc(-c2cnc(SCc3ccccc3)n2Cc2ccccc2)cc1. The minimum Gasteiger partial charge on any atom is -0.314 e. The summed E-state index contributed by atoms with van der Waals surface area (Å²) in [7, 11) is 0. The lowest BCUT2D eigenvalue weighted by Gasteiger charge is -2.12. The molecule has 0 N–H and O–H groups in total. The van der Waals surface area contributed by atoms with Gasteiger partial charge in [-0.25, -0.2) is 4.98 Å². The van der Waals surface area contributed by atoms with Gasteiger partial charge in [-0.15, -0.1) is 0 Å². The van der Waals surface area contributed by atoms with Crippen LogP contribution in [0.3, 0.4) is 0 Å². The van der Waals surface area contributed by atoms with Crippen molar-refractivity contribution in [2.45, 2.75) is 17.5 Å². The molecule has 4 aromatic rings. The number of nitrogens with zero attached hydrogens (tertiary/aromatic N) is 2. The van der Waals surface area contributed by atoms with E-state index in [0.29, 0.717) is 0 Å². The van der Waals surface area contributed by atoms with Gasteiger partial charge in [-0.1, -0.05) is 100 Å². The third-order valence-corrected chi connectivity index (χ3v) is 5.94. The molecule has 0 saturated heterocycles. The van der Waals surface area contributed by atoms with E-state index in [1.807, 2.05) is 6.20 Å². The van der Waals surface area contributed by atoms with Crippen LogP contribution in [0.1, 0.15) is 11.1 Å². The van der Waals surface area contributed by atoms with Gasteiger partial charge in [0.25, 0.3) is 0 Å². The highest BCUT2D eigenvalue weighted by Gasteiger charge is 2.13. The van der Waals surface area contributed by atoms with Crippen molar-refractivity contribution in [3.05, 3.63) is 107 Å². The Hall–Kier alpha value is -2.30. The largest absolute Gasteiger partial charge is 0.314 e. The summed E-state index contributed by atoms with van der Waals surface area (Å²) in [6, 6.07) is 29.5. The Bertz CT molecular complexity index is 996. The highest BCUT2D eigenvalue weighted by molar-refractivity contribution is 9.10. The number of aromatic nitrogens is 2. The fourth-order valence-electron chi connectivity index (χ4n) is 2.97. The van der Waals surface area contributed by atoms with Crippen molar-refractivity contribution in [1.82, 2.24) is 9.55 Å². The van der Waals surface area contributed by atoms with Crippen LogP contribution >= 0.6 is 27.7 Å². The van der Waals surface area contributed by atoms with Crippen LogP contribution in [0.25, 0.3) is 11.3 Å². The topological polar surface area (TPSA) is 17.8 Å². The predicted molar refractivity (Wildman–Crippen MR) is 117 cm³/mol. The lowest BCUT2D eigenvalue weighted by Crippen LogP contribution is -2.03. The Balaban J connectivity index is 1.66. The van der Waals surface area contributed by atoms with E-state index in [-0.39, 0.29) is 0 Å². The van der Waals surface area contributed by atoms with Gasteiger partial charge in [0, 0.05) is 10.2 Å². The van der Waals surface area contributed by atoms with E-state index < -0.39 is 0 Å². The van der Waals surface area contributed by atoms with Crippen LogP contribution in [0.2, 0.25) is 0 Å². The van der Waals surface area contributed by atoms with E-state index in [9.17, 15) is 0 Å². The van der Waals surface area contributed by atoms with Gasteiger partial charge in [0.2, 0.25) is 0 Å². The lowest BCUT2D eigenvalue weighted by atomic mass is 10.1. The summed E-state index contributed by atoms with van der Waals surface area (Å²) in [6.07, 6.45) is 1.99. The fraction of sp³-hybridized carbons (Fsp3) is 0.0870. The molecule has 0 atom stereocenters. The molecule has 2 nitrogen and oxygen atoms in total. The predicted octanol–water partition coefficient (Wildman–Crippen LogP) is 6.65. The zero-order valence-electron chi connectivity index (χ0n) is 14.8. The van der Waals surface area contributed by atoms with E-state index in [0.717, 1.165) is 27.6 Å². The van der Waals surface area contributed by atoms with Crippen LogP contribution in [-0.2, 0) is 12.3 Å². The van der Waals surface area contributed by atoms with Crippen molar-refractivity contribution >= 4 is 27.7 Å². The number of hydrogen-bond acceptors (Lipinski definition) is 2. The molecular weight excluding hydrogens is 416 g/mol. The van der Waals surface area contributed by atoms with Gasteiger partial charge < -0.3 is 4.57 Å². The lowest BCUT2D eigenvalue weighted by molar-refractivity contribution is 0.715. The maximum Gasteiger partial charge on any atom is 0.169 e. The standard InChI is InChI=1S/C23H19BrN2S/c24-21-13-11-20(12-14-21)22-15-25-23(27-17-19-9-5-2-6-10-19)26(22)16-18-7-3-1-4-8-18/h1-15H,16-17H2. The summed E-state index contributed by atoms with van der Waals surface area (Å²) < 4.78 is 3.39. The first-order chi connectivity index (χ1) is 13.3. The fourth-order valence-corrected chi connectivity index (χ4v) is 4.16. The summed E-state index contributed by atoms with van der Waals surface area (Å²) >= 11 is 5.30. The van der Waals surface area contributed by atoms with Crippen molar-refractivity contribution in [3.8, 4) is 11.3 Å². The Morgan fingerprint density at radius 3 is 2.07 bits per heavy atom. The molecule has 134 valence electrons. The molecule has 27 heavy (non-hydrogen) atoms. The quantitative estimate of drug-likeness (QED) is 0.316. The molecule has 0 fully saturated rings. The van der Waals surface area contributed by atoms with Crippen LogP contribution in [0.15, 0.2) is 101 Å². The first-order valence-electron chi connectivity index (χ1n) is 8.82. The third kappa shape index (κ3) is 4.52. The average molecular weight is 435 g/mol. The monoisotopic (exact) mass is 434 g/mol. The molecule has 4 heteroatoms. The van der Waals surface area contributed by atoms with Gasteiger partial charge in [0.05, 0.1) is 18.4 Å². The van der Waals surface area contributed by atoms with Gasteiger partial charge in [-0.05, 0) is 28.8 Å². The van der Waals surface area contributed by atoms with Gasteiger partial charge in [-0.3, -0.25) is 0 Å². The Labute approximate surface area is 172 Å². The van der Waals surface area contributed by atoms with E-state index >= 15 is 0 Å². The molecule has 4 rings (SSSR count). The molecule has 0 radical (unpaired) electrons. The highest BCUT2D eigenvalue weighted by atomic mass is 79.9. The Morgan fingerprint density at radius 2 is 1.41 bits per heavy atom. The summed E-state index contributed by atoms with van der Waals surface area (Å²) in [4.78, 5) is 4.74. The molecule has 0 aliphatic heterocycles. The molecule has 0 saturated carbocycles. The molecule has 0 bridgehead atoms. The number of imidazole rings is 1. The summed E-state index contributed by atoms with van der Waals surface area (Å²) in [5.41, 5.74) is 4.90. The second-order valence-electron chi connectivity index (χ2n) is 6.28. The van der Waals surface area contributed by atoms with Crippen LogP contribution in [0.5, 0.6) is 0 Å². The van der Waals surface area contributed by atoms with Crippen LogP contribution in [-0.4, -0.2) is 9.55 Å². The maximum absolute atomic E-state index is 4.74. The Morgan fingerprint density at radius 1 is 0.778 bits per heavy atom. The van der Waals surface area contributed by atoms with Crippen molar-refractivity contribution < 1.29 is 0 Å². The molecule has 0 aliphatic carbocycles. The van der Waals surface area contributed by atoms with E-state index in [1.54, 1.807) is 11.8 Å². The minimum atomic E-state index is 0.809. The number of thioether (sulfide) groups is 1. The molecule has 3 aromatic carbocycles. The van der Waals surface area contributed by atoms with Gasteiger partial charge in [-0.2, -0.15) is 0 Å². The molecule has 1 heterocycles. The van der Waals surface area contributed by atoms with Crippen LogP contribution in [0.4, 0.5) is 0 Å². The molecular formula is C23H19BrN2S. The second-order valence-corrected chi connectivity index (χ2v) is 8.14. The molecule has 0 unspecified atom stereocenters. The third-order valence-electron chi connectivity index (χ3n) is 4.35.